The zero-order valence-corrected chi connectivity index (χ0v) is 6.86. The van der Waals surface area contributed by atoms with E-state index >= 15 is 0 Å². The summed E-state index contributed by atoms with van der Waals surface area (Å²) in [5.74, 6) is 0. The van der Waals surface area contributed by atoms with Crippen molar-refractivity contribution in [2.45, 2.75) is 37.9 Å². The largest absolute Gasteiger partial charge is 0.389 e. The Kier molecular flexibility index (Phi) is 2.84. The second kappa shape index (κ2) is 3.49. The molecular weight excluding hydrogens is 146 g/mol. The third-order valence-corrected chi connectivity index (χ3v) is 2.01. The highest BCUT2D eigenvalue weighted by Gasteiger charge is 2.32. The Morgan fingerprint density at radius 3 is 2.73 bits per heavy atom. The second-order valence-electron chi connectivity index (χ2n) is 2.90. The van der Waals surface area contributed by atoms with Crippen LogP contribution in [-0.2, 0) is 9.47 Å². The molecule has 0 saturated carbocycles. The van der Waals surface area contributed by atoms with Gasteiger partial charge in [0.25, 0.3) is 0 Å². The Bertz CT molecular complexity index is 119. The first-order chi connectivity index (χ1) is 5.15. The standard InChI is InChI=1S/C7H15NO3/c1-4-7(9)5(8)3-6(10-2)11-4/h4-7,9H,3,8H2,1-2H3/t4?,5-,6-,7-/m1/s1. The molecule has 0 spiro atoms. The van der Waals surface area contributed by atoms with E-state index < -0.39 is 6.10 Å². The third kappa shape index (κ3) is 1.90. The predicted octanol–water partition coefficient (Wildman–Crippen LogP) is -0.544. The molecular formula is C7H15NO3. The molecule has 0 aromatic heterocycles. The topological polar surface area (TPSA) is 64.7 Å². The SMILES string of the molecule is CO[C@H]1C[C@@H](N)[C@H](O)C(C)O1. The maximum Gasteiger partial charge on any atom is 0.159 e. The van der Waals surface area contributed by atoms with E-state index in [1.807, 2.05) is 0 Å². The van der Waals surface area contributed by atoms with Gasteiger partial charge in [-0.2, -0.15) is 0 Å². The van der Waals surface area contributed by atoms with Crippen LogP contribution in [0.5, 0.6) is 0 Å². The highest BCUT2D eigenvalue weighted by molar-refractivity contribution is 4.82. The Labute approximate surface area is 66.3 Å². The molecule has 0 aromatic carbocycles. The van der Waals surface area contributed by atoms with Crippen molar-refractivity contribution < 1.29 is 14.6 Å². The molecule has 1 aliphatic rings. The van der Waals surface area contributed by atoms with Crippen LogP contribution in [0.15, 0.2) is 0 Å². The van der Waals surface area contributed by atoms with Gasteiger partial charge < -0.3 is 20.3 Å². The molecule has 1 heterocycles. The van der Waals surface area contributed by atoms with Crippen LogP contribution in [0.1, 0.15) is 13.3 Å². The molecule has 11 heavy (non-hydrogen) atoms. The first kappa shape index (κ1) is 8.93. The minimum atomic E-state index is -0.568. The second-order valence-corrected chi connectivity index (χ2v) is 2.90. The number of ether oxygens (including phenoxy) is 2. The van der Waals surface area contributed by atoms with Crippen LogP contribution in [-0.4, -0.2) is 36.8 Å². The van der Waals surface area contributed by atoms with Gasteiger partial charge in [-0.05, 0) is 6.92 Å². The summed E-state index contributed by atoms with van der Waals surface area (Å²) in [6, 6.07) is -0.233. The summed E-state index contributed by atoms with van der Waals surface area (Å²) >= 11 is 0. The number of methoxy groups -OCH3 is 1. The van der Waals surface area contributed by atoms with Gasteiger partial charge in [-0.25, -0.2) is 0 Å². The number of aliphatic hydroxyl groups is 1. The zero-order valence-electron chi connectivity index (χ0n) is 6.86. The smallest absolute Gasteiger partial charge is 0.159 e. The van der Waals surface area contributed by atoms with Crippen LogP contribution in [0, 0.1) is 0 Å². The molecule has 1 fully saturated rings. The molecule has 0 amide bonds. The van der Waals surface area contributed by atoms with Gasteiger partial charge >= 0.3 is 0 Å². The number of aliphatic hydroxyl groups excluding tert-OH is 1. The molecule has 1 rings (SSSR count). The van der Waals surface area contributed by atoms with Gasteiger partial charge in [0.2, 0.25) is 0 Å². The summed E-state index contributed by atoms with van der Waals surface area (Å²) in [5, 5.41) is 9.35. The van der Waals surface area contributed by atoms with Gasteiger partial charge in [0.15, 0.2) is 6.29 Å². The van der Waals surface area contributed by atoms with Crippen LogP contribution in [0.3, 0.4) is 0 Å². The van der Waals surface area contributed by atoms with E-state index in [2.05, 4.69) is 0 Å². The zero-order chi connectivity index (χ0) is 8.43. The van der Waals surface area contributed by atoms with E-state index in [4.69, 9.17) is 15.2 Å². The maximum atomic E-state index is 9.35. The molecule has 4 atom stereocenters. The third-order valence-electron chi connectivity index (χ3n) is 2.01. The van der Waals surface area contributed by atoms with E-state index in [1.165, 1.54) is 0 Å². The molecule has 1 unspecified atom stereocenters. The molecule has 3 N–H and O–H groups in total. The van der Waals surface area contributed by atoms with Crippen molar-refractivity contribution in [1.29, 1.82) is 0 Å². The van der Waals surface area contributed by atoms with Gasteiger partial charge in [-0.1, -0.05) is 0 Å². The van der Waals surface area contributed by atoms with Crippen molar-refractivity contribution >= 4 is 0 Å². The van der Waals surface area contributed by atoms with Crippen molar-refractivity contribution in [1.82, 2.24) is 0 Å². The number of rotatable bonds is 1. The average Bonchev–Trinajstić information content (AvgIpc) is 1.99. The molecule has 4 heteroatoms. The van der Waals surface area contributed by atoms with E-state index in [0.717, 1.165) is 0 Å². The number of hydrogen-bond donors (Lipinski definition) is 2. The normalized spacial score (nSPS) is 45.8. The van der Waals surface area contributed by atoms with Crippen LogP contribution < -0.4 is 5.73 Å². The predicted molar refractivity (Wildman–Crippen MR) is 39.9 cm³/mol. The fourth-order valence-corrected chi connectivity index (χ4v) is 1.24. The van der Waals surface area contributed by atoms with Crippen molar-refractivity contribution in [2.75, 3.05) is 7.11 Å². The van der Waals surface area contributed by atoms with Gasteiger partial charge in [0, 0.05) is 19.6 Å². The minimum absolute atomic E-state index is 0.233. The van der Waals surface area contributed by atoms with Gasteiger partial charge in [-0.3, -0.25) is 0 Å². The maximum absolute atomic E-state index is 9.35. The lowest BCUT2D eigenvalue weighted by molar-refractivity contribution is -0.211. The van der Waals surface area contributed by atoms with Gasteiger partial charge in [0.1, 0.15) is 0 Å². The quantitative estimate of drug-likeness (QED) is 0.542. The molecule has 1 saturated heterocycles. The van der Waals surface area contributed by atoms with Crippen molar-refractivity contribution in [2.24, 2.45) is 5.73 Å². The summed E-state index contributed by atoms with van der Waals surface area (Å²) in [7, 11) is 1.57. The average molecular weight is 161 g/mol. The van der Waals surface area contributed by atoms with Crippen molar-refractivity contribution in [3.8, 4) is 0 Å². The monoisotopic (exact) mass is 161 g/mol. The summed E-state index contributed by atoms with van der Waals surface area (Å²) in [6.45, 7) is 1.79. The van der Waals surface area contributed by atoms with Crippen LogP contribution in [0.2, 0.25) is 0 Å². The Balaban J connectivity index is 2.47. The number of nitrogens with two attached hydrogens (primary N) is 1. The van der Waals surface area contributed by atoms with Crippen LogP contribution in [0.25, 0.3) is 0 Å². The minimum Gasteiger partial charge on any atom is -0.389 e. The van der Waals surface area contributed by atoms with Crippen molar-refractivity contribution in [3.63, 3.8) is 0 Å². The van der Waals surface area contributed by atoms with Crippen LogP contribution >= 0.6 is 0 Å². The first-order valence-corrected chi connectivity index (χ1v) is 3.77. The summed E-state index contributed by atoms with van der Waals surface area (Å²) in [6.07, 6.45) is -0.504. The number of hydrogen-bond acceptors (Lipinski definition) is 4. The molecule has 4 nitrogen and oxygen atoms in total. The fraction of sp³-hybridized carbons (Fsp3) is 1.00. The summed E-state index contributed by atoms with van der Waals surface area (Å²) in [4.78, 5) is 0. The molecule has 0 bridgehead atoms. The molecule has 0 aliphatic carbocycles. The Morgan fingerprint density at radius 2 is 2.27 bits per heavy atom. The lowest BCUT2D eigenvalue weighted by atomic mass is 10.0. The van der Waals surface area contributed by atoms with E-state index in [-0.39, 0.29) is 18.4 Å². The summed E-state index contributed by atoms with van der Waals surface area (Å²) < 4.78 is 10.2. The molecule has 1 aliphatic heterocycles. The molecule has 0 radical (unpaired) electrons. The summed E-state index contributed by atoms with van der Waals surface area (Å²) in [5.41, 5.74) is 5.62. The van der Waals surface area contributed by atoms with Gasteiger partial charge in [-0.15, -0.1) is 0 Å². The van der Waals surface area contributed by atoms with Crippen molar-refractivity contribution in [3.05, 3.63) is 0 Å². The Hall–Kier alpha value is -0.160. The highest BCUT2D eigenvalue weighted by atomic mass is 16.7. The highest BCUT2D eigenvalue weighted by Crippen LogP contribution is 2.18. The van der Waals surface area contributed by atoms with E-state index in [0.29, 0.717) is 6.42 Å². The van der Waals surface area contributed by atoms with E-state index in [9.17, 15) is 5.11 Å². The Morgan fingerprint density at radius 1 is 1.64 bits per heavy atom. The molecule has 66 valence electrons. The van der Waals surface area contributed by atoms with Crippen LogP contribution in [0.4, 0.5) is 0 Å². The van der Waals surface area contributed by atoms with Gasteiger partial charge in [0.05, 0.1) is 12.2 Å². The fourth-order valence-electron chi connectivity index (χ4n) is 1.24. The first-order valence-electron chi connectivity index (χ1n) is 3.77. The lowest BCUT2D eigenvalue weighted by Crippen LogP contribution is -2.51. The molecule has 0 aromatic rings. The lowest BCUT2D eigenvalue weighted by Gasteiger charge is -2.35. The van der Waals surface area contributed by atoms with E-state index in [1.54, 1.807) is 14.0 Å².